The fraction of sp³-hybridized carbons (Fsp3) is 0.176. The van der Waals surface area contributed by atoms with Gasteiger partial charge in [0, 0.05) is 10.9 Å². The molecule has 2 N–H and O–H groups in total. The Hall–Kier alpha value is -2.28. The van der Waals surface area contributed by atoms with Crippen molar-refractivity contribution in [3.05, 3.63) is 69.7 Å². The van der Waals surface area contributed by atoms with Crippen LogP contribution in [0.1, 0.15) is 11.1 Å². The third-order valence-electron chi connectivity index (χ3n) is 3.36. The van der Waals surface area contributed by atoms with E-state index in [-0.39, 0.29) is 18.4 Å². The highest BCUT2D eigenvalue weighted by molar-refractivity contribution is 9.10. The van der Waals surface area contributed by atoms with Crippen LogP contribution in [0.2, 0.25) is 0 Å². The second-order valence-corrected chi connectivity index (χ2v) is 6.03. The zero-order chi connectivity index (χ0) is 17.7. The van der Waals surface area contributed by atoms with E-state index in [9.17, 15) is 23.5 Å². The molecule has 4 nitrogen and oxygen atoms in total. The standard InChI is InChI=1S/C17H14BrF2NO3/c18-12-4-2-1-3-11(12)9-15(17(23)24)21-16(22)8-10-5-6-13(19)14(20)7-10/h1-7,15H,8-9H2,(H,21,22)(H,23,24)/t15-/m0/s1. The van der Waals surface area contributed by atoms with Crippen LogP contribution in [-0.4, -0.2) is 23.0 Å². The number of carbonyl (C=O) groups is 2. The average Bonchev–Trinajstić information content (AvgIpc) is 2.52. The van der Waals surface area contributed by atoms with Gasteiger partial charge in [-0.15, -0.1) is 0 Å². The fourth-order valence-electron chi connectivity index (χ4n) is 2.16. The zero-order valence-corrected chi connectivity index (χ0v) is 14.0. The van der Waals surface area contributed by atoms with Crippen molar-refractivity contribution in [3.8, 4) is 0 Å². The Labute approximate surface area is 145 Å². The minimum Gasteiger partial charge on any atom is -0.480 e. The molecular weight excluding hydrogens is 384 g/mol. The maximum atomic E-state index is 13.1. The molecule has 0 saturated carbocycles. The summed E-state index contributed by atoms with van der Waals surface area (Å²) in [6, 6.07) is 9.08. The molecule has 2 aromatic carbocycles. The van der Waals surface area contributed by atoms with E-state index in [1.165, 1.54) is 6.07 Å². The van der Waals surface area contributed by atoms with Crippen molar-refractivity contribution in [1.29, 1.82) is 0 Å². The molecule has 1 amide bonds. The molecule has 2 rings (SSSR count). The number of hydrogen-bond acceptors (Lipinski definition) is 2. The molecule has 0 heterocycles. The van der Waals surface area contributed by atoms with Crippen molar-refractivity contribution in [1.82, 2.24) is 5.32 Å². The topological polar surface area (TPSA) is 66.4 Å². The van der Waals surface area contributed by atoms with Gasteiger partial charge < -0.3 is 10.4 Å². The first-order valence-corrected chi connectivity index (χ1v) is 7.85. The predicted molar refractivity (Wildman–Crippen MR) is 87.5 cm³/mol. The summed E-state index contributed by atoms with van der Waals surface area (Å²) in [6.07, 6.45) is -0.142. The molecule has 0 radical (unpaired) electrons. The van der Waals surface area contributed by atoms with Crippen LogP contribution >= 0.6 is 15.9 Å². The molecule has 0 aliphatic carbocycles. The summed E-state index contributed by atoms with van der Waals surface area (Å²) >= 11 is 3.33. The Bertz CT molecular complexity index is 767. The number of nitrogens with one attached hydrogen (secondary N) is 1. The number of halogens is 3. The minimum absolute atomic E-state index is 0.0975. The van der Waals surface area contributed by atoms with E-state index < -0.39 is 29.6 Å². The molecule has 0 aliphatic rings. The molecule has 126 valence electrons. The third-order valence-corrected chi connectivity index (χ3v) is 4.14. The summed E-state index contributed by atoms with van der Waals surface area (Å²) in [7, 11) is 0. The van der Waals surface area contributed by atoms with Crippen molar-refractivity contribution >= 4 is 27.8 Å². The molecule has 0 bridgehead atoms. The third kappa shape index (κ3) is 4.86. The molecule has 7 heteroatoms. The van der Waals surface area contributed by atoms with Crippen molar-refractivity contribution in [2.45, 2.75) is 18.9 Å². The SMILES string of the molecule is O=C(Cc1ccc(F)c(F)c1)N[C@@H](Cc1ccccc1Br)C(=O)O. The lowest BCUT2D eigenvalue weighted by Crippen LogP contribution is -2.43. The normalized spacial score (nSPS) is 11.8. The Morgan fingerprint density at radius 3 is 2.46 bits per heavy atom. The van der Waals surface area contributed by atoms with Gasteiger partial charge in [-0.05, 0) is 29.3 Å². The smallest absolute Gasteiger partial charge is 0.326 e. The Kier molecular flexibility index (Phi) is 6.03. The number of amides is 1. The summed E-state index contributed by atoms with van der Waals surface area (Å²) < 4.78 is 26.8. The van der Waals surface area contributed by atoms with E-state index in [1.807, 2.05) is 0 Å². The Morgan fingerprint density at radius 1 is 1.12 bits per heavy atom. The Balaban J connectivity index is 2.04. The van der Waals surface area contributed by atoms with Gasteiger partial charge in [0.2, 0.25) is 5.91 Å². The quantitative estimate of drug-likeness (QED) is 0.786. The van der Waals surface area contributed by atoms with E-state index in [0.29, 0.717) is 0 Å². The van der Waals surface area contributed by atoms with Crippen LogP contribution in [-0.2, 0) is 22.4 Å². The molecule has 0 spiro atoms. The van der Waals surface area contributed by atoms with Crippen LogP contribution in [0.5, 0.6) is 0 Å². The monoisotopic (exact) mass is 397 g/mol. The molecule has 0 unspecified atom stereocenters. The molecule has 0 saturated heterocycles. The van der Waals surface area contributed by atoms with Gasteiger partial charge in [0.05, 0.1) is 6.42 Å². The number of carbonyl (C=O) groups excluding carboxylic acids is 1. The summed E-state index contributed by atoms with van der Waals surface area (Å²) in [5.74, 6) is -3.82. The molecule has 0 aromatic heterocycles. The molecule has 0 fully saturated rings. The number of aliphatic carboxylic acids is 1. The summed E-state index contributed by atoms with van der Waals surface area (Å²) in [5.41, 5.74) is 0.995. The molecule has 24 heavy (non-hydrogen) atoms. The largest absolute Gasteiger partial charge is 0.480 e. The van der Waals surface area contributed by atoms with Gasteiger partial charge >= 0.3 is 5.97 Å². The van der Waals surface area contributed by atoms with Crippen molar-refractivity contribution in [2.75, 3.05) is 0 Å². The maximum absolute atomic E-state index is 13.1. The van der Waals surface area contributed by atoms with E-state index in [0.717, 1.165) is 22.2 Å². The highest BCUT2D eigenvalue weighted by Crippen LogP contribution is 2.17. The first-order chi connectivity index (χ1) is 11.4. The lowest BCUT2D eigenvalue weighted by molar-refractivity contribution is -0.141. The number of rotatable bonds is 6. The molecular formula is C17H14BrF2NO3. The van der Waals surface area contributed by atoms with Gasteiger partial charge in [-0.3, -0.25) is 4.79 Å². The van der Waals surface area contributed by atoms with E-state index >= 15 is 0 Å². The molecule has 2 aromatic rings. The van der Waals surface area contributed by atoms with Gasteiger partial charge in [0.1, 0.15) is 6.04 Å². The number of carboxylic acid groups (broad SMARTS) is 1. The highest BCUT2D eigenvalue weighted by Gasteiger charge is 2.21. The fourth-order valence-corrected chi connectivity index (χ4v) is 2.61. The van der Waals surface area contributed by atoms with E-state index in [1.54, 1.807) is 24.3 Å². The van der Waals surface area contributed by atoms with Crippen molar-refractivity contribution in [3.63, 3.8) is 0 Å². The van der Waals surface area contributed by atoms with Crippen molar-refractivity contribution in [2.24, 2.45) is 0 Å². The highest BCUT2D eigenvalue weighted by atomic mass is 79.9. The van der Waals surface area contributed by atoms with E-state index in [4.69, 9.17) is 0 Å². The van der Waals surface area contributed by atoms with E-state index in [2.05, 4.69) is 21.2 Å². The maximum Gasteiger partial charge on any atom is 0.326 e. The summed E-state index contributed by atoms with van der Waals surface area (Å²) in [6.45, 7) is 0. The minimum atomic E-state index is -1.18. The summed E-state index contributed by atoms with van der Waals surface area (Å²) in [5, 5.41) is 11.7. The number of hydrogen-bond donors (Lipinski definition) is 2. The van der Waals surface area contributed by atoms with Crippen molar-refractivity contribution < 1.29 is 23.5 Å². The lowest BCUT2D eigenvalue weighted by atomic mass is 10.1. The lowest BCUT2D eigenvalue weighted by Gasteiger charge is -2.15. The first kappa shape index (κ1) is 18.1. The van der Waals surface area contributed by atoms with Crippen LogP contribution in [0.15, 0.2) is 46.9 Å². The van der Waals surface area contributed by atoms with Gasteiger partial charge in [-0.1, -0.05) is 40.2 Å². The first-order valence-electron chi connectivity index (χ1n) is 7.06. The van der Waals surface area contributed by atoms with Crippen LogP contribution in [0.25, 0.3) is 0 Å². The van der Waals surface area contributed by atoms with Gasteiger partial charge in [-0.25, -0.2) is 13.6 Å². The second kappa shape index (κ2) is 8.01. The number of benzene rings is 2. The molecule has 0 aliphatic heterocycles. The predicted octanol–water partition coefficient (Wildman–Crippen LogP) is 3.08. The molecule has 1 atom stereocenters. The number of carboxylic acids is 1. The van der Waals surface area contributed by atoms with Crippen LogP contribution in [0.3, 0.4) is 0 Å². The second-order valence-electron chi connectivity index (χ2n) is 5.18. The van der Waals surface area contributed by atoms with Gasteiger partial charge in [0.15, 0.2) is 11.6 Å². The van der Waals surface area contributed by atoms with Gasteiger partial charge in [-0.2, -0.15) is 0 Å². The zero-order valence-electron chi connectivity index (χ0n) is 12.4. The van der Waals surface area contributed by atoms with Gasteiger partial charge in [0.25, 0.3) is 0 Å². The van der Waals surface area contributed by atoms with Crippen LogP contribution in [0.4, 0.5) is 8.78 Å². The summed E-state index contributed by atoms with van der Waals surface area (Å²) in [4.78, 5) is 23.4. The van der Waals surface area contributed by atoms with Crippen LogP contribution in [0, 0.1) is 11.6 Å². The van der Waals surface area contributed by atoms with Crippen LogP contribution < -0.4 is 5.32 Å². The average molecular weight is 398 g/mol. The Morgan fingerprint density at radius 2 is 1.83 bits per heavy atom.